The van der Waals surface area contributed by atoms with E-state index < -0.39 is 11.8 Å². The van der Waals surface area contributed by atoms with Crippen LogP contribution in [0.2, 0.25) is 0 Å². The molecule has 8 nitrogen and oxygen atoms in total. The van der Waals surface area contributed by atoms with Gasteiger partial charge in [-0.3, -0.25) is 24.6 Å². The number of hydrogen-bond acceptors (Lipinski definition) is 5. The first-order chi connectivity index (χ1) is 18.3. The van der Waals surface area contributed by atoms with Gasteiger partial charge >= 0.3 is 0 Å². The van der Waals surface area contributed by atoms with E-state index in [0.717, 1.165) is 16.5 Å². The lowest BCUT2D eigenvalue weighted by Gasteiger charge is -2.29. The Hall–Kier alpha value is -4.76. The number of benzene rings is 3. The first-order valence-corrected chi connectivity index (χ1v) is 12.2. The number of hydrogen-bond donors (Lipinski definition) is 2. The van der Waals surface area contributed by atoms with Gasteiger partial charge in [0.05, 0.1) is 12.8 Å². The lowest BCUT2D eigenvalue weighted by Crippen LogP contribution is -2.54. The van der Waals surface area contributed by atoms with Crippen LogP contribution in [0.1, 0.15) is 11.1 Å². The number of ether oxygens (including phenoxy) is 1. The zero-order valence-corrected chi connectivity index (χ0v) is 21.5. The Kier molecular flexibility index (Phi) is 6.76. The van der Waals surface area contributed by atoms with Crippen LogP contribution in [0, 0.1) is 6.92 Å². The third-order valence-electron chi connectivity index (χ3n) is 6.20. The Bertz CT molecular complexity index is 1600. The van der Waals surface area contributed by atoms with E-state index in [2.05, 4.69) is 10.6 Å². The van der Waals surface area contributed by atoms with Crippen LogP contribution in [0.15, 0.2) is 84.6 Å². The number of carbonyl (C=O) groups is 3. The summed E-state index contributed by atoms with van der Waals surface area (Å²) in [6.07, 6.45) is 3.30. The highest BCUT2D eigenvalue weighted by molar-refractivity contribution is 7.80. The zero-order valence-electron chi connectivity index (χ0n) is 20.7. The summed E-state index contributed by atoms with van der Waals surface area (Å²) in [6.45, 7) is 2.04. The second-order valence-corrected chi connectivity index (χ2v) is 9.19. The second kappa shape index (κ2) is 10.3. The maximum atomic E-state index is 13.5. The fourth-order valence-electron chi connectivity index (χ4n) is 4.29. The molecule has 0 radical (unpaired) electrons. The van der Waals surface area contributed by atoms with Gasteiger partial charge in [0.2, 0.25) is 5.91 Å². The molecule has 3 amide bonds. The Morgan fingerprint density at radius 3 is 2.45 bits per heavy atom. The van der Waals surface area contributed by atoms with E-state index in [9.17, 15) is 14.4 Å². The number of nitrogens with zero attached hydrogens (tertiary/aromatic N) is 2. The third-order valence-corrected chi connectivity index (χ3v) is 6.49. The van der Waals surface area contributed by atoms with E-state index in [1.807, 2.05) is 55.5 Å². The molecule has 0 unspecified atom stereocenters. The van der Waals surface area contributed by atoms with Crippen LogP contribution in [-0.2, 0) is 20.9 Å². The topological polar surface area (TPSA) is 92.7 Å². The molecule has 1 saturated heterocycles. The van der Waals surface area contributed by atoms with Crippen molar-refractivity contribution in [2.45, 2.75) is 13.5 Å². The SMILES string of the molecule is COc1ccc(N2C(=O)/C(=C/c3cn(CC(=O)Nc4ccc(C)cc4)c4ccccc34)C(=O)NC2=S)cc1. The molecule has 1 aliphatic heterocycles. The lowest BCUT2D eigenvalue weighted by molar-refractivity contribution is -0.122. The van der Waals surface area contributed by atoms with E-state index in [4.69, 9.17) is 17.0 Å². The lowest BCUT2D eigenvalue weighted by atomic mass is 10.1. The van der Waals surface area contributed by atoms with E-state index >= 15 is 0 Å². The van der Waals surface area contributed by atoms with Crippen LogP contribution >= 0.6 is 12.2 Å². The molecular formula is C29H24N4O4S. The number of anilines is 2. The summed E-state index contributed by atoms with van der Waals surface area (Å²) >= 11 is 5.30. The molecule has 0 spiro atoms. The molecule has 2 heterocycles. The molecule has 0 bridgehead atoms. The highest BCUT2D eigenvalue weighted by Gasteiger charge is 2.34. The van der Waals surface area contributed by atoms with E-state index in [1.165, 1.54) is 11.0 Å². The van der Waals surface area contributed by atoms with Gasteiger partial charge in [-0.2, -0.15) is 0 Å². The van der Waals surface area contributed by atoms with Crippen LogP contribution in [-0.4, -0.2) is 34.5 Å². The second-order valence-electron chi connectivity index (χ2n) is 8.80. The average Bonchev–Trinajstić information content (AvgIpc) is 3.25. The number of nitrogens with one attached hydrogen (secondary N) is 2. The summed E-state index contributed by atoms with van der Waals surface area (Å²) in [6, 6.07) is 21.9. The monoisotopic (exact) mass is 524 g/mol. The normalized spacial score (nSPS) is 14.6. The fraction of sp³-hybridized carbons (Fsp3) is 0.103. The summed E-state index contributed by atoms with van der Waals surface area (Å²) in [5.74, 6) is -0.698. The number of amides is 3. The summed E-state index contributed by atoms with van der Waals surface area (Å²) in [4.78, 5) is 40.4. The van der Waals surface area contributed by atoms with Gasteiger partial charge in [-0.25, -0.2) is 0 Å². The van der Waals surface area contributed by atoms with Gasteiger partial charge in [0.1, 0.15) is 17.9 Å². The number of fused-ring (bicyclic) bond motifs is 1. The number of methoxy groups -OCH3 is 1. The number of aryl methyl sites for hydroxylation is 1. The molecule has 3 aromatic carbocycles. The zero-order chi connectivity index (χ0) is 26.8. The van der Waals surface area contributed by atoms with Gasteiger partial charge in [-0.15, -0.1) is 0 Å². The number of thiocarbonyl (C=S) groups is 1. The molecule has 9 heteroatoms. The largest absolute Gasteiger partial charge is 0.497 e. The summed E-state index contributed by atoms with van der Waals surface area (Å²) in [7, 11) is 1.55. The molecule has 38 heavy (non-hydrogen) atoms. The maximum Gasteiger partial charge on any atom is 0.270 e. The van der Waals surface area contributed by atoms with Crippen LogP contribution in [0.3, 0.4) is 0 Å². The van der Waals surface area contributed by atoms with Gasteiger partial charge in [0.25, 0.3) is 11.8 Å². The van der Waals surface area contributed by atoms with Crippen molar-refractivity contribution in [3.8, 4) is 5.75 Å². The van der Waals surface area contributed by atoms with Gasteiger partial charge in [0.15, 0.2) is 5.11 Å². The highest BCUT2D eigenvalue weighted by Crippen LogP contribution is 2.27. The first kappa shape index (κ1) is 24.9. The molecular weight excluding hydrogens is 500 g/mol. The van der Waals surface area contributed by atoms with Gasteiger partial charge < -0.3 is 14.6 Å². The number of aromatic nitrogens is 1. The number of para-hydroxylation sites is 1. The average molecular weight is 525 g/mol. The van der Waals surface area contributed by atoms with Gasteiger partial charge in [-0.1, -0.05) is 35.9 Å². The van der Waals surface area contributed by atoms with Crippen molar-refractivity contribution in [2.24, 2.45) is 0 Å². The van der Waals surface area contributed by atoms with Crippen molar-refractivity contribution in [1.82, 2.24) is 9.88 Å². The van der Waals surface area contributed by atoms with Crippen LogP contribution in [0.25, 0.3) is 17.0 Å². The molecule has 4 aromatic rings. The van der Waals surface area contributed by atoms with Crippen LogP contribution in [0.5, 0.6) is 5.75 Å². The minimum absolute atomic E-state index is 0.00229. The molecule has 0 atom stereocenters. The Morgan fingerprint density at radius 1 is 1.03 bits per heavy atom. The van der Waals surface area contributed by atoms with Crippen LogP contribution < -0.4 is 20.3 Å². The van der Waals surface area contributed by atoms with E-state index in [1.54, 1.807) is 42.1 Å². The van der Waals surface area contributed by atoms with Gasteiger partial charge in [-0.05, 0) is 67.7 Å². The highest BCUT2D eigenvalue weighted by atomic mass is 32.1. The smallest absolute Gasteiger partial charge is 0.270 e. The Morgan fingerprint density at radius 2 is 1.74 bits per heavy atom. The minimum atomic E-state index is -0.585. The summed E-state index contributed by atoms with van der Waals surface area (Å²) in [5.41, 5.74) is 3.67. The minimum Gasteiger partial charge on any atom is -0.497 e. The molecule has 190 valence electrons. The van der Waals surface area contributed by atoms with Crippen molar-refractivity contribution >= 4 is 63.4 Å². The molecule has 0 saturated carbocycles. The van der Waals surface area contributed by atoms with Crippen molar-refractivity contribution in [3.63, 3.8) is 0 Å². The summed E-state index contributed by atoms with van der Waals surface area (Å²) in [5, 5.41) is 6.30. The fourth-order valence-corrected chi connectivity index (χ4v) is 4.57. The summed E-state index contributed by atoms with van der Waals surface area (Å²) < 4.78 is 6.98. The standard InChI is InChI=1S/C29H24N4O4S/c1-18-7-9-20(10-8-18)30-26(34)17-32-16-19(23-5-3-4-6-25(23)32)15-24-27(35)31-29(38)33(28(24)36)21-11-13-22(37-2)14-12-21/h3-16H,17H2,1-2H3,(H,30,34)(H,31,35,38)/b24-15+. The molecule has 5 rings (SSSR count). The third kappa shape index (κ3) is 4.91. The molecule has 2 N–H and O–H groups in total. The molecule has 1 aromatic heterocycles. The predicted molar refractivity (Wildman–Crippen MR) is 151 cm³/mol. The Balaban J connectivity index is 1.46. The van der Waals surface area contributed by atoms with Crippen molar-refractivity contribution in [1.29, 1.82) is 0 Å². The number of carbonyl (C=O) groups excluding carboxylic acids is 3. The number of rotatable bonds is 6. The first-order valence-electron chi connectivity index (χ1n) is 11.8. The predicted octanol–water partition coefficient (Wildman–Crippen LogP) is 4.43. The van der Waals surface area contributed by atoms with E-state index in [0.29, 0.717) is 22.7 Å². The van der Waals surface area contributed by atoms with Crippen molar-refractivity contribution in [3.05, 3.63) is 95.7 Å². The van der Waals surface area contributed by atoms with E-state index in [-0.39, 0.29) is 23.1 Å². The Labute approximate surface area is 224 Å². The molecule has 1 fully saturated rings. The molecule has 1 aliphatic rings. The van der Waals surface area contributed by atoms with Crippen molar-refractivity contribution < 1.29 is 19.1 Å². The maximum absolute atomic E-state index is 13.5. The van der Waals surface area contributed by atoms with Crippen LogP contribution in [0.4, 0.5) is 11.4 Å². The quantitative estimate of drug-likeness (QED) is 0.221. The van der Waals surface area contributed by atoms with Gasteiger partial charge in [0, 0.05) is 28.4 Å². The molecule has 0 aliphatic carbocycles. The van der Waals surface area contributed by atoms with Crippen molar-refractivity contribution in [2.75, 3.05) is 17.3 Å².